The Morgan fingerprint density at radius 3 is 2.86 bits per heavy atom. The van der Waals surface area contributed by atoms with E-state index in [0.717, 1.165) is 11.3 Å². The van der Waals surface area contributed by atoms with Gasteiger partial charge in [-0.2, -0.15) is 0 Å². The number of rotatable bonds is 0. The van der Waals surface area contributed by atoms with Crippen LogP contribution in [0.4, 0.5) is 5.69 Å². The first-order chi connectivity index (χ1) is 6.74. The van der Waals surface area contributed by atoms with Crippen molar-refractivity contribution in [2.75, 3.05) is 11.4 Å². The van der Waals surface area contributed by atoms with Crippen molar-refractivity contribution in [3.05, 3.63) is 29.8 Å². The van der Waals surface area contributed by atoms with Gasteiger partial charge < -0.3 is 10.1 Å². The van der Waals surface area contributed by atoms with Gasteiger partial charge in [-0.15, -0.1) is 0 Å². The molecule has 0 unspecified atom stereocenters. The highest BCUT2D eigenvalue weighted by atomic mass is 16.4. The fourth-order valence-electron chi connectivity index (χ4n) is 1.64. The standard InChI is InChI=1S/C10H10N2O2/c1-7(13)12-6-9(11-14)8-4-2-3-5-10(8)12/h2-5,14H,6H2,1H3. The van der Waals surface area contributed by atoms with Crippen LogP contribution in [0.15, 0.2) is 29.4 Å². The number of nitrogens with zero attached hydrogens (tertiary/aromatic N) is 2. The van der Waals surface area contributed by atoms with Gasteiger partial charge in [0.15, 0.2) is 0 Å². The normalized spacial score (nSPS) is 17.2. The zero-order valence-corrected chi connectivity index (χ0v) is 7.77. The number of fused-ring (bicyclic) bond motifs is 1. The maximum Gasteiger partial charge on any atom is 0.224 e. The van der Waals surface area contributed by atoms with Crippen molar-refractivity contribution in [2.45, 2.75) is 6.92 Å². The average Bonchev–Trinajstić information content (AvgIpc) is 2.56. The van der Waals surface area contributed by atoms with Gasteiger partial charge in [-0.1, -0.05) is 23.4 Å². The zero-order chi connectivity index (χ0) is 10.1. The van der Waals surface area contributed by atoms with Crippen LogP contribution in [0, 0.1) is 0 Å². The van der Waals surface area contributed by atoms with E-state index >= 15 is 0 Å². The van der Waals surface area contributed by atoms with Crippen molar-refractivity contribution in [1.29, 1.82) is 0 Å². The number of benzene rings is 1. The maximum absolute atomic E-state index is 11.3. The molecule has 0 aromatic heterocycles. The molecule has 0 atom stereocenters. The molecule has 0 saturated carbocycles. The summed E-state index contributed by atoms with van der Waals surface area (Å²) in [6, 6.07) is 7.39. The number of para-hydroxylation sites is 1. The molecule has 2 rings (SSSR count). The fourth-order valence-corrected chi connectivity index (χ4v) is 1.64. The molecule has 1 aromatic rings. The number of carbonyl (C=O) groups is 1. The minimum Gasteiger partial charge on any atom is -0.411 e. The monoisotopic (exact) mass is 190 g/mol. The van der Waals surface area contributed by atoms with Gasteiger partial charge in [0.25, 0.3) is 0 Å². The van der Waals surface area contributed by atoms with Gasteiger partial charge in [0, 0.05) is 12.5 Å². The Kier molecular flexibility index (Phi) is 1.96. The van der Waals surface area contributed by atoms with E-state index in [-0.39, 0.29) is 5.91 Å². The Hall–Kier alpha value is -1.84. The van der Waals surface area contributed by atoms with Crippen LogP contribution >= 0.6 is 0 Å². The SMILES string of the molecule is CC(=O)N1CC(=NO)c2ccccc21. The number of carbonyl (C=O) groups excluding carboxylic acids is 1. The van der Waals surface area contributed by atoms with Gasteiger partial charge in [-0.3, -0.25) is 4.79 Å². The van der Waals surface area contributed by atoms with E-state index in [0.29, 0.717) is 12.3 Å². The molecule has 1 aromatic carbocycles. The summed E-state index contributed by atoms with van der Waals surface area (Å²) in [7, 11) is 0. The number of anilines is 1. The lowest BCUT2D eigenvalue weighted by Gasteiger charge is -2.12. The molecule has 0 spiro atoms. The minimum atomic E-state index is -0.0453. The molecule has 0 radical (unpaired) electrons. The van der Waals surface area contributed by atoms with Gasteiger partial charge in [0.1, 0.15) is 5.71 Å². The molecule has 1 N–H and O–H groups in total. The maximum atomic E-state index is 11.3. The van der Waals surface area contributed by atoms with E-state index in [1.807, 2.05) is 24.3 Å². The fraction of sp³-hybridized carbons (Fsp3) is 0.200. The summed E-state index contributed by atoms with van der Waals surface area (Å²) in [4.78, 5) is 12.8. The van der Waals surface area contributed by atoms with Gasteiger partial charge in [0.2, 0.25) is 5.91 Å². The van der Waals surface area contributed by atoms with Crippen LogP contribution in [0.3, 0.4) is 0 Å². The molecule has 72 valence electrons. The van der Waals surface area contributed by atoms with Crippen molar-refractivity contribution < 1.29 is 10.0 Å². The summed E-state index contributed by atoms with van der Waals surface area (Å²) in [6.07, 6.45) is 0. The van der Waals surface area contributed by atoms with Crippen LogP contribution in [0.2, 0.25) is 0 Å². The molecule has 4 heteroatoms. The third-order valence-electron chi connectivity index (χ3n) is 2.31. The molecule has 1 aliphatic heterocycles. The lowest BCUT2D eigenvalue weighted by atomic mass is 10.1. The Balaban J connectivity index is 2.54. The number of oxime groups is 1. The summed E-state index contributed by atoms with van der Waals surface area (Å²) in [5.41, 5.74) is 2.17. The van der Waals surface area contributed by atoms with Crippen molar-refractivity contribution in [1.82, 2.24) is 0 Å². The highest BCUT2D eigenvalue weighted by Crippen LogP contribution is 2.27. The number of hydrogen-bond donors (Lipinski definition) is 1. The number of amides is 1. The highest BCUT2D eigenvalue weighted by Gasteiger charge is 2.27. The second-order valence-corrected chi connectivity index (χ2v) is 3.17. The number of hydrogen-bond acceptors (Lipinski definition) is 3. The Bertz CT molecular complexity index is 412. The van der Waals surface area contributed by atoms with Crippen LogP contribution in [-0.4, -0.2) is 23.4 Å². The predicted molar refractivity (Wildman–Crippen MR) is 52.8 cm³/mol. The average molecular weight is 190 g/mol. The summed E-state index contributed by atoms with van der Waals surface area (Å²) in [6.45, 7) is 1.85. The summed E-state index contributed by atoms with van der Waals surface area (Å²) in [5.74, 6) is -0.0453. The van der Waals surface area contributed by atoms with E-state index < -0.39 is 0 Å². The first-order valence-electron chi connectivity index (χ1n) is 4.32. The molecule has 0 aliphatic carbocycles. The van der Waals surface area contributed by atoms with Crippen molar-refractivity contribution >= 4 is 17.3 Å². The Labute approximate surface area is 81.5 Å². The molecule has 14 heavy (non-hydrogen) atoms. The Morgan fingerprint density at radius 1 is 1.50 bits per heavy atom. The molecule has 0 bridgehead atoms. The summed E-state index contributed by atoms with van der Waals surface area (Å²) in [5, 5.41) is 11.9. The molecule has 4 nitrogen and oxygen atoms in total. The smallest absolute Gasteiger partial charge is 0.224 e. The van der Waals surface area contributed by atoms with E-state index in [1.165, 1.54) is 6.92 Å². The molecule has 0 saturated heterocycles. The van der Waals surface area contributed by atoms with Crippen molar-refractivity contribution in [2.24, 2.45) is 5.16 Å². The largest absolute Gasteiger partial charge is 0.411 e. The van der Waals surface area contributed by atoms with Gasteiger partial charge in [-0.25, -0.2) is 0 Å². The molecule has 0 fully saturated rings. The van der Waals surface area contributed by atoms with Crippen LogP contribution in [0.5, 0.6) is 0 Å². The van der Waals surface area contributed by atoms with Gasteiger partial charge in [-0.05, 0) is 6.07 Å². The quantitative estimate of drug-likeness (QED) is 0.494. The zero-order valence-electron chi connectivity index (χ0n) is 7.77. The lowest BCUT2D eigenvalue weighted by Crippen LogP contribution is -2.27. The topological polar surface area (TPSA) is 52.9 Å². The van der Waals surface area contributed by atoms with Crippen LogP contribution < -0.4 is 4.90 Å². The first-order valence-corrected chi connectivity index (χ1v) is 4.32. The van der Waals surface area contributed by atoms with Crippen LogP contribution in [0.25, 0.3) is 0 Å². The highest BCUT2D eigenvalue weighted by molar-refractivity contribution is 6.17. The molecule has 1 amide bonds. The van der Waals surface area contributed by atoms with Gasteiger partial charge >= 0.3 is 0 Å². The van der Waals surface area contributed by atoms with Crippen molar-refractivity contribution in [3.8, 4) is 0 Å². The van der Waals surface area contributed by atoms with E-state index in [1.54, 1.807) is 4.90 Å². The van der Waals surface area contributed by atoms with Crippen LogP contribution in [0.1, 0.15) is 12.5 Å². The van der Waals surface area contributed by atoms with Crippen LogP contribution in [-0.2, 0) is 4.79 Å². The van der Waals surface area contributed by atoms with Crippen molar-refractivity contribution in [3.63, 3.8) is 0 Å². The minimum absolute atomic E-state index is 0.0453. The molecule has 1 heterocycles. The Morgan fingerprint density at radius 2 is 2.21 bits per heavy atom. The van der Waals surface area contributed by atoms with E-state index in [9.17, 15) is 4.79 Å². The summed E-state index contributed by atoms with van der Waals surface area (Å²) >= 11 is 0. The second kappa shape index (κ2) is 3.14. The molecular formula is C10H10N2O2. The second-order valence-electron chi connectivity index (χ2n) is 3.17. The first kappa shape index (κ1) is 8.74. The third-order valence-corrected chi connectivity index (χ3v) is 2.31. The van der Waals surface area contributed by atoms with E-state index in [4.69, 9.17) is 5.21 Å². The van der Waals surface area contributed by atoms with Gasteiger partial charge in [0.05, 0.1) is 12.2 Å². The van der Waals surface area contributed by atoms with E-state index in [2.05, 4.69) is 5.16 Å². The predicted octanol–water partition coefficient (Wildman–Crippen LogP) is 1.23. The lowest BCUT2D eigenvalue weighted by molar-refractivity contribution is -0.116. The third kappa shape index (κ3) is 1.16. The molecule has 1 aliphatic rings. The summed E-state index contributed by atoms with van der Waals surface area (Å²) < 4.78 is 0. The molecular weight excluding hydrogens is 180 g/mol.